The topological polar surface area (TPSA) is 93.7 Å². The van der Waals surface area contributed by atoms with Gasteiger partial charge in [0.1, 0.15) is 11.5 Å². The van der Waals surface area contributed by atoms with Crippen molar-refractivity contribution in [2.24, 2.45) is 5.92 Å². The minimum Gasteiger partial charge on any atom is -0.497 e. The lowest BCUT2D eigenvalue weighted by Crippen LogP contribution is -2.16. The largest absolute Gasteiger partial charge is 0.497 e. The molecule has 0 saturated heterocycles. The Morgan fingerprint density at radius 3 is 1.93 bits per heavy atom. The number of methoxy groups -OCH3 is 2. The van der Waals surface area contributed by atoms with E-state index in [1.807, 2.05) is 25.1 Å². The fraction of sp³-hybridized carbons (Fsp3) is 0.344. The molecule has 0 heterocycles. The van der Waals surface area contributed by atoms with Gasteiger partial charge in [-0.3, -0.25) is 14.4 Å². The van der Waals surface area contributed by atoms with Crippen molar-refractivity contribution < 1.29 is 23.9 Å². The quantitative estimate of drug-likeness (QED) is 0.261. The average molecular weight is 565 g/mol. The lowest BCUT2D eigenvalue weighted by atomic mass is 9.86. The number of rotatable bonds is 9. The molecule has 0 radical (unpaired) electrons. The Morgan fingerprint density at radius 1 is 0.800 bits per heavy atom. The molecule has 8 heteroatoms. The number of hydrogen-bond acceptors (Lipinski definition) is 5. The van der Waals surface area contributed by atoms with Crippen molar-refractivity contribution >= 4 is 40.0 Å². The SMILES string of the molecule is COc1ccc(C(=O)Cl)cc1.COc1ccc(C(=O)Nc2cc(NC(=O)CCC3CCCCC3)ccc2C)cc1. The van der Waals surface area contributed by atoms with Crippen LogP contribution in [0.3, 0.4) is 0 Å². The zero-order valence-corrected chi connectivity index (χ0v) is 24.1. The third-order valence-corrected chi connectivity index (χ3v) is 7.16. The second-order valence-electron chi connectivity index (χ2n) is 9.81. The molecule has 3 aromatic rings. The molecule has 1 aliphatic carbocycles. The van der Waals surface area contributed by atoms with Gasteiger partial charge in [0.15, 0.2) is 0 Å². The number of amides is 2. The number of halogens is 1. The summed E-state index contributed by atoms with van der Waals surface area (Å²) in [6.45, 7) is 1.93. The molecule has 212 valence electrons. The van der Waals surface area contributed by atoms with E-state index in [1.54, 1.807) is 62.8 Å². The molecule has 1 fully saturated rings. The summed E-state index contributed by atoms with van der Waals surface area (Å²) in [5.74, 6) is 1.94. The van der Waals surface area contributed by atoms with E-state index in [-0.39, 0.29) is 11.8 Å². The minimum absolute atomic E-state index is 0.0341. The maximum atomic E-state index is 12.5. The minimum atomic E-state index is -0.451. The molecular weight excluding hydrogens is 528 g/mol. The van der Waals surface area contributed by atoms with Crippen molar-refractivity contribution in [3.63, 3.8) is 0 Å². The number of hydrogen-bond donors (Lipinski definition) is 2. The van der Waals surface area contributed by atoms with Gasteiger partial charge in [0.05, 0.1) is 14.2 Å². The van der Waals surface area contributed by atoms with E-state index < -0.39 is 5.24 Å². The van der Waals surface area contributed by atoms with Crippen LogP contribution in [0.5, 0.6) is 11.5 Å². The molecule has 0 unspecified atom stereocenters. The van der Waals surface area contributed by atoms with Gasteiger partial charge in [-0.05, 0) is 97.1 Å². The Kier molecular flexibility index (Phi) is 12.0. The van der Waals surface area contributed by atoms with Crippen molar-refractivity contribution in [2.45, 2.75) is 51.9 Å². The standard InChI is InChI=1S/C24H30N2O3.C8H7ClO2/c1-17-8-12-20(25-23(27)15-9-18-6-4-3-5-7-18)16-22(17)26-24(28)19-10-13-21(29-2)14-11-19;1-11-7-4-2-6(3-5-7)8(9)10/h8,10-14,16,18H,3-7,9,15H2,1-2H3,(H,25,27)(H,26,28);2-5H,1H3. The van der Waals surface area contributed by atoms with Crippen molar-refractivity contribution in [1.82, 2.24) is 0 Å². The fourth-order valence-corrected chi connectivity index (χ4v) is 4.65. The van der Waals surface area contributed by atoms with Gasteiger partial charge >= 0.3 is 0 Å². The highest BCUT2D eigenvalue weighted by Gasteiger charge is 2.15. The number of anilines is 2. The molecule has 0 spiro atoms. The molecule has 4 rings (SSSR count). The van der Waals surface area contributed by atoms with Crippen LogP contribution in [0.2, 0.25) is 0 Å². The Balaban J connectivity index is 0.000000336. The first-order chi connectivity index (χ1) is 19.3. The summed E-state index contributed by atoms with van der Waals surface area (Å²) in [5, 5.41) is 5.45. The predicted octanol–water partition coefficient (Wildman–Crippen LogP) is 7.63. The van der Waals surface area contributed by atoms with Gasteiger partial charge in [0.2, 0.25) is 5.91 Å². The molecule has 0 atom stereocenters. The lowest BCUT2D eigenvalue weighted by molar-refractivity contribution is -0.116. The van der Waals surface area contributed by atoms with Gasteiger partial charge in [0.25, 0.3) is 11.1 Å². The van der Waals surface area contributed by atoms with Crippen molar-refractivity contribution in [1.29, 1.82) is 0 Å². The monoisotopic (exact) mass is 564 g/mol. The van der Waals surface area contributed by atoms with Crippen LogP contribution in [0, 0.1) is 12.8 Å². The molecule has 1 aliphatic rings. The highest BCUT2D eigenvalue weighted by molar-refractivity contribution is 6.67. The van der Waals surface area contributed by atoms with Crippen LogP contribution in [-0.4, -0.2) is 31.3 Å². The second-order valence-corrected chi connectivity index (χ2v) is 10.1. The van der Waals surface area contributed by atoms with Gasteiger partial charge in [0, 0.05) is 28.9 Å². The summed E-state index contributed by atoms with van der Waals surface area (Å²) in [6, 6.07) is 19.2. The first-order valence-corrected chi connectivity index (χ1v) is 13.9. The van der Waals surface area contributed by atoms with Crippen molar-refractivity contribution in [3.05, 3.63) is 83.4 Å². The van der Waals surface area contributed by atoms with Crippen LogP contribution in [0.4, 0.5) is 11.4 Å². The highest BCUT2D eigenvalue weighted by Crippen LogP contribution is 2.28. The van der Waals surface area contributed by atoms with Crippen molar-refractivity contribution in [2.75, 3.05) is 24.9 Å². The fourth-order valence-electron chi connectivity index (χ4n) is 4.53. The van der Waals surface area contributed by atoms with Crippen LogP contribution < -0.4 is 20.1 Å². The van der Waals surface area contributed by atoms with Gasteiger partial charge in [-0.25, -0.2) is 0 Å². The molecule has 7 nitrogen and oxygen atoms in total. The lowest BCUT2D eigenvalue weighted by Gasteiger charge is -2.21. The average Bonchev–Trinajstić information content (AvgIpc) is 2.98. The van der Waals surface area contributed by atoms with E-state index in [2.05, 4.69) is 10.6 Å². The molecular formula is C32H37ClN2O5. The number of aryl methyl sites for hydroxylation is 1. The smallest absolute Gasteiger partial charge is 0.255 e. The summed E-state index contributed by atoms with van der Waals surface area (Å²) < 4.78 is 10.0. The summed E-state index contributed by atoms with van der Waals surface area (Å²) in [7, 11) is 3.16. The van der Waals surface area contributed by atoms with Crippen LogP contribution in [0.1, 0.15) is 71.2 Å². The van der Waals surface area contributed by atoms with Gasteiger partial charge in [-0.1, -0.05) is 38.2 Å². The molecule has 0 bridgehead atoms. The van der Waals surface area contributed by atoms with Crippen LogP contribution in [-0.2, 0) is 4.79 Å². The second kappa shape index (κ2) is 15.7. The number of benzene rings is 3. The Bertz CT molecular complexity index is 1270. The van der Waals surface area contributed by atoms with E-state index in [4.69, 9.17) is 21.1 Å². The summed E-state index contributed by atoms with van der Waals surface area (Å²) in [6.07, 6.45) is 7.92. The third kappa shape index (κ3) is 9.72. The number of carbonyl (C=O) groups is 3. The van der Waals surface area contributed by atoms with E-state index in [0.717, 1.165) is 12.0 Å². The Morgan fingerprint density at radius 2 is 1.38 bits per heavy atom. The maximum absolute atomic E-state index is 12.5. The van der Waals surface area contributed by atoms with E-state index in [9.17, 15) is 14.4 Å². The summed E-state index contributed by atoms with van der Waals surface area (Å²) in [5.41, 5.74) is 3.36. The van der Waals surface area contributed by atoms with Crippen LogP contribution in [0.15, 0.2) is 66.7 Å². The van der Waals surface area contributed by atoms with Crippen LogP contribution in [0.25, 0.3) is 0 Å². The third-order valence-electron chi connectivity index (χ3n) is 6.94. The summed E-state index contributed by atoms with van der Waals surface area (Å²) >= 11 is 5.22. The van der Waals surface area contributed by atoms with E-state index in [0.29, 0.717) is 46.3 Å². The van der Waals surface area contributed by atoms with Gasteiger partial charge in [-0.15, -0.1) is 0 Å². The number of carbonyl (C=O) groups excluding carboxylic acids is 3. The maximum Gasteiger partial charge on any atom is 0.255 e. The van der Waals surface area contributed by atoms with E-state index >= 15 is 0 Å². The molecule has 2 amide bonds. The first kappa shape index (κ1) is 30.7. The summed E-state index contributed by atoms with van der Waals surface area (Å²) in [4.78, 5) is 35.5. The highest BCUT2D eigenvalue weighted by atomic mass is 35.5. The van der Waals surface area contributed by atoms with Gasteiger partial charge < -0.3 is 20.1 Å². The first-order valence-electron chi connectivity index (χ1n) is 13.5. The van der Waals surface area contributed by atoms with Crippen LogP contribution >= 0.6 is 11.6 Å². The molecule has 1 saturated carbocycles. The molecule has 40 heavy (non-hydrogen) atoms. The van der Waals surface area contributed by atoms with Crippen molar-refractivity contribution in [3.8, 4) is 11.5 Å². The van der Waals surface area contributed by atoms with E-state index in [1.165, 1.54) is 32.1 Å². The molecule has 0 aliphatic heterocycles. The Labute approximate surface area is 241 Å². The zero-order valence-electron chi connectivity index (χ0n) is 23.3. The van der Waals surface area contributed by atoms with Gasteiger partial charge in [-0.2, -0.15) is 0 Å². The Hall–Kier alpha value is -3.84. The number of ether oxygens (including phenoxy) is 2. The molecule has 2 N–H and O–H groups in total. The zero-order chi connectivity index (χ0) is 28.9. The molecule has 3 aromatic carbocycles. The molecule has 0 aromatic heterocycles. The predicted molar refractivity (Wildman–Crippen MR) is 160 cm³/mol. The normalized spacial score (nSPS) is 12.9. The number of nitrogens with one attached hydrogen (secondary N) is 2.